The third-order valence-electron chi connectivity index (χ3n) is 8.09. The van der Waals surface area contributed by atoms with Crippen molar-refractivity contribution in [1.29, 1.82) is 0 Å². The summed E-state index contributed by atoms with van der Waals surface area (Å²) in [6, 6.07) is 15.1. The molecule has 0 aromatic heterocycles. The lowest BCUT2D eigenvalue weighted by molar-refractivity contribution is -0.125. The number of nitrogens with zero attached hydrogens (tertiary/aromatic N) is 1. The molecule has 0 unspecified atom stereocenters. The highest BCUT2D eigenvalue weighted by Gasteiger charge is 2.46. The van der Waals surface area contributed by atoms with Gasteiger partial charge in [-0.05, 0) is 126 Å². The van der Waals surface area contributed by atoms with Gasteiger partial charge in [-0.15, -0.1) is 0 Å². The van der Waals surface area contributed by atoms with Crippen molar-refractivity contribution in [3.05, 3.63) is 64.7 Å². The molecular weight excluding hydrogens is 547 g/mol. The zero-order valence-corrected chi connectivity index (χ0v) is 27.6. The minimum atomic E-state index is -3.18. The summed E-state index contributed by atoms with van der Waals surface area (Å²) in [6.45, 7) is 12.3. The van der Waals surface area contributed by atoms with Gasteiger partial charge in [-0.1, -0.05) is 75.4 Å². The van der Waals surface area contributed by atoms with E-state index in [0.717, 1.165) is 39.5 Å². The Morgan fingerprint density at radius 1 is 0.860 bits per heavy atom. The molecule has 1 aliphatic rings. The highest BCUT2D eigenvalue weighted by atomic mass is 19.3. The largest absolute Gasteiger partial charge is 0.508 e. The van der Waals surface area contributed by atoms with Crippen molar-refractivity contribution in [1.82, 2.24) is 4.90 Å². The molecule has 0 saturated carbocycles. The van der Waals surface area contributed by atoms with E-state index in [4.69, 9.17) is 4.79 Å². The molecule has 0 atom stereocenters. The second-order valence-corrected chi connectivity index (χ2v) is 12.3. The van der Waals surface area contributed by atoms with Gasteiger partial charge in [0.2, 0.25) is 0 Å². The van der Waals surface area contributed by atoms with Crippen molar-refractivity contribution in [2.75, 3.05) is 20.1 Å². The van der Waals surface area contributed by atoms with Crippen LogP contribution in [0.2, 0.25) is 0 Å². The fourth-order valence-corrected chi connectivity index (χ4v) is 5.40. The number of benzene rings is 2. The van der Waals surface area contributed by atoms with Crippen molar-refractivity contribution < 1.29 is 23.1 Å². The monoisotopic (exact) mass is 603 g/mol. The van der Waals surface area contributed by atoms with Gasteiger partial charge in [-0.25, -0.2) is 13.2 Å². The van der Waals surface area contributed by atoms with E-state index in [2.05, 4.69) is 56.1 Å². The van der Waals surface area contributed by atoms with E-state index in [1.165, 1.54) is 85.0 Å². The van der Waals surface area contributed by atoms with Crippen molar-refractivity contribution in [3.63, 3.8) is 0 Å². The number of phenolic OH excluding ortho intramolecular Hbond substituents is 1. The number of allylic oxidation sites excluding steroid dienone is 2. The van der Waals surface area contributed by atoms with E-state index >= 15 is 0 Å². The number of carbonyl (C=O) groups is 1. The topological polar surface area (TPSA) is 40.5 Å². The maximum Gasteiger partial charge on any atom is 0.280 e. The smallest absolute Gasteiger partial charge is 0.280 e. The molecule has 2 aromatic rings. The normalized spacial score (nSPS) is 13.4. The van der Waals surface area contributed by atoms with Crippen LogP contribution in [0.15, 0.2) is 42.5 Å². The molecule has 0 heterocycles. The van der Waals surface area contributed by atoms with Gasteiger partial charge in [0.1, 0.15) is 12.5 Å². The number of carbonyl (C=O) groups excluding carboxylic acids is 1. The van der Waals surface area contributed by atoms with E-state index in [0.29, 0.717) is 12.2 Å². The predicted molar refractivity (Wildman–Crippen MR) is 177 cm³/mol. The van der Waals surface area contributed by atoms with Crippen LogP contribution in [-0.2, 0) is 11.2 Å². The minimum absolute atomic E-state index is 0.306. The molecule has 0 radical (unpaired) electrons. The van der Waals surface area contributed by atoms with Crippen LogP contribution in [0.5, 0.6) is 5.75 Å². The molecule has 1 N–H and O–H groups in total. The molecule has 0 spiro atoms. The summed E-state index contributed by atoms with van der Waals surface area (Å²) < 4.78 is 37.7. The average Bonchev–Trinajstić information content (AvgIpc) is 3.14. The van der Waals surface area contributed by atoms with Crippen LogP contribution in [0, 0.1) is 6.92 Å². The van der Waals surface area contributed by atoms with Gasteiger partial charge in [-0.3, -0.25) is 0 Å². The van der Waals surface area contributed by atoms with Gasteiger partial charge in [0, 0.05) is 6.42 Å². The molecule has 0 fully saturated rings. The van der Waals surface area contributed by atoms with E-state index in [1.807, 2.05) is 18.9 Å². The van der Waals surface area contributed by atoms with E-state index in [-0.39, 0.29) is 6.42 Å². The van der Waals surface area contributed by atoms with E-state index < -0.39 is 11.6 Å². The first kappa shape index (κ1) is 38.4. The van der Waals surface area contributed by atoms with Crippen molar-refractivity contribution in [2.24, 2.45) is 0 Å². The molecule has 6 heteroatoms. The Morgan fingerprint density at radius 3 is 2.07 bits per heavy atom. The second-order valence-electron chi connectivity index (χ2n) is 12.3. The number of phenols is 1. The molecule has 3 rings (SSSR count). The maximum atomic E-state index is 12.6. The van der Waals surface area contributed by atoms with Gasteiger partial charge in [0.25, 0.3) is 5.92 Å². The third kappa shape index (κ3) is 13.3. The zero-order chi connectivity index (χ0) is 32.5. The number of aromatic hydroxyl groups is 1. The summed E-state index contributed by atoms with van der Waals surface area (Å²) >= 11 is 0. The summed E-state index contributed by atoms with van der Waals surface area (Å²) in [5.74, 6) is -2.79. The molecule has 242 valence electrons. The van der Waals surface area contributed by atoms with Gasteiger partial charge < -0.3 is 14.8 Å². The van der Waals surface area contributed by atoms with Gasteiger partial charge >= 0.3 is 0 Å². The first-order valence-electron chi connectivity index (χ1n) is 16.0. The van der Waals surface area contributed by atoms with Crippen LogP contribution < -0.4 is 0 Å². The number of unbranched alkanes of at least 4 members (excludes halogenated alkanes) is 4. The molecule has 43 heavy (non-hydrogen) atoms. The number of halogens is 3. The Hall–Kier alpha value is -2.60. The van der Waals surface area contributed by atoms with Gasteiger partial charge in [0.15, 0.2) is 5.67 Å². The molecule has 3 nitrogen and oxygen atoms in total. The zero-order valence-electron chi connectivity index (χ0n) is 27.6. The number of rotatable bonds is 14. The van der Waals surface area contributed by atoms with Crippen molar-refractivity contribution in [2.45, 2.75) is 123 Å². The fourth-order valence-electron chi connectivity index (χ4n) is 5.40. The van der Waals surface area contributed by atoms with Crippen molar-refractivity contribution in [3.8, 4) is 5.75 Å². The van der Waals surface area contributed by atoms with Crippen LogP contribution in [0.3, 0.4) is 0 Å². The minimum Gasteiger partial charge on any atom is -0.508 e. The van der Waals surface area contributed by atoms with E-state index in [9.17, 15) is 18.3 Å². The van der Waals surface area contributed by atoms with Crippen LogP contribution in [-0.4, -0.2) is 48.5 Å². The molecule has 1 aliphatic carbocycles. The third-order valence-corrected chi connectivity index (χ3v) is 8.09. The van der Waals surface area contributed by atoms with Gasteiger partial charge in [-0.2, -0.15) is 0 Å². The Kier molecular flexibility index (Phi) is 17.5. The number of fused-ring (bicyclic) bond motifs is 1. The molecule has 0 saturated heterocycles. The highest BCUT2D eigenvalue weighted by molar-refractivity contribution is 5.92. The molecule has 0 bridgehead atoms. The number of alkyl halides is 3. The molecular formula is C37H56F3NO2. The Balaban J connectivity index is 0.000000655. The van der Waals surface area contributed by atoms with Crippen LogP contribution in [0.4, 0.5) is 13.2 Å². The fraction of sp³-hybridized carbons (Fsp3) is 0.595. The second kappa shape index (κ2) is 19.6. The molecule has 2 aromatic carbocycles. The average molecular weight is 604 g/mol. The lowest BCUT2D eigenvalue weighted by Crippen LogP contribution is -2.38. The summed E-state index contributed by atoms with van der Waals surface area (Å²) in [5, 5.41) is 10.0. The molecule has 0 amide bonds. The first-order chi connectivity index (χ1) is 20.4. The van der Waals surface area contributed by atoms with Crippen LogP contribution in [0.1, 0.15) is 121 Å². The first-order valence-corrected chi connectivity index (χ1v) is 16.0. The van der Waals surface area contributed by atoms with Gasteiger partial charge in [0.05, 0.1) is 0 Å². The standard InChI is InChI=1S/C29H41NO.C7H13F3.CH2O/c1-4-5-20-30(3)21-9-7-6-8-12-29-27(24-16-14-23(2)15-17-24)13-10-11-25-22-26(31)18-19-28(25)29;1-4-5-7(9,10)6(2,3)8;1-2/h14-19,22,31H,4-13,20-21H2,1-3H3;4-5H2,1-3H3;1H2. The summed E-state index contributed by atoms with van der Waals surface area (Å²) in [7, 11) is 2.26. The highest BCUT2D eigenvalue weighted by Crippen LogP contribution is 2.40. The SMILES string of the molecule is C=O.CCCC(F)(F)C(C)(C)F.CCCCN(C)CCCCCCC1=C(c2ccc(C)cc2)CCCc2cc(O)ccc21. The maximum absolute atomic E-state index is 12.6. The van der Waals surface area contributed by atoms with Crippen LogP contribution in [0.25, 0.3) is 11.1 Å². The number of aryl methyl sites for hydroxylation is 2. The Morgan fingerprint density at radius 2 is 1.49 bits per heavy atom. The quantitative estimate of drug-likeness (QED) is 0.218. The summed E-state index contributed by atoms with van der Waals surface area (Å²) in [6.07, 6.45) is 12.1. The summed E-state index contributed by atoms with van der Waals surface area (Å²) in [4.78, 5) is 10.5. The Labute approximate surface area is 259 Å². The number of hydrogen-bond donors (Lipinski definition) is 1. The van der Waals surface area contributed by atoms with Crippen LogP contribution >= 0.6 is 0 Å². The molecule has 0 aliphatic heterocycles. The lowest BCUT2D eigenvalue weighted by atomic mass is 9.89. The lowest BCUT2D eigenvalue weighted by Gasteiger charge is -2.25. The number of hydrogen-bond acceptors (Lipinski definition) is 3. The Bertz CT molecular complexity index is 1090. The van der Waals surface area contributed by atoms with E-state index in [1.54, 1.807) is 6.92 Å². The predicted octanol–water partition coefficient (Wildman–Crippen LogP) is 10.6. The van der Waals surface area contributed by atoms with Crippen molar-refractivity contribution >= 4 is 17.9 Å². The summed E-state index contributed by atoms with van der Waals surface area (Å²) in [5.41, 5.74) is 6.01.